The average Bonchev–Trinajstić information content (AvgIpc) is 3.64. The summed E-state index contributed by atoms with van der Waals surface area (Å²) in [7, 11) is 1.31. The summed E-state index contributed by atoms with van der Waals surface area (Å²) in [6.45, 7) is 1.99. The highest BCUT2D eigenvalue weighted by Gasteiger charge is 2.18. The van der Waals surface area contributed by atoms with E-state index in [2.05, 4.69) is 35.5 Å². The summed E-state index contributed by atoms with van der Waals surface area (Å²) in [5.41, 5.74) is 4.22. The van der Waals surface area contributed by atoms with Crippen molar-refractivity contribution >= 4 is 23.4 Å². The fourth-order valence-corrected chi connectivity index (χ4v) is 4.37. The maximum absolute atomic E-state index is 13.3. The van der Waals surface area contributed by atoms with Crippen molar-refractivity contribution in [3.63, 3.8) is 0 Å². The lowest BCUT2D eigenvalue weighted by Crippen LogP contribution is -2.25. The second-order valence-electron chi connectivity index (χ2n) is 8.38. The molecule has 1 atom stereocenters. The van der Waals surface area contributed by atoms with E-state index in [9.17, 15) is 9.59 Å². The summed E-state index contributed by atoms with van der Waals surface area (Å²) in [4.78, 5) is 32.6. The van der Waals surface area contributed by atoms with Crippen LogP contribution in [0.15, 0.2) is 78.1 Å². The van der Waals surface area contributed by atoms with Gasteiger partial charge in [-0.1, -0.05) is 30.7 Å². The molecule has 5 rings (SSSR count). The number of carbonyl (C=O) groups is 1. The van der Waals surface area contributed by atoms with Crippen molar-refractivity contribution in [3.05, 3.63) is 94.5 Å². The van der Waals surface area contributed by atoms with Crippen molar-refractivity contribution in [2.75, 3.05) is 12.4 Å². The van der Waals surface area contributed by atoms with Crippen molar-refractivity contribution in [2.24, 2.45) is 0 Å². The molecule has 0 saturated heterocycles. The van der Waals surface area contributed by atoms with Crippen LogP contribution in [-0.2, 0) is 4.74 Å². The van der Waals surface area contributed by atoms with Gasteiger partial charge >= 0.3 is 6.09 Å². The Bertz CT molecular complexity index is 1630. The minimum absolute atomic E-state index is 0.187. The Kier molecular flexibility index (Phi) is 7.00. The molecule has 38 heavy (non-hydrogen) atoms. The van der Waals surface area contributed by atoms with E-state index >= 15 is 0 Å². The zero-order chi connectivity index (χ0) is 26.6. The molecule has 0 saturated carbocycles. The third kappa shape index (κ3) is 5.04. The van der Waals surface area contributed by atoms with Crippen molar-refractivity contribution in [3.8, 4) is 28.1 Å². The monoisotopic (exact) mass is 530 g/mol. The summed E-state index contributed by atoms with van der Waals surface area (Å²) in [6, 6.07) is 15.7. The fraction of sp³-hybridized carbons (Fsp3) is 0.154. The summed E-state index contributed by atoms with van der Waals surface area (Å²) in [5.74, 6) is 0.659. The molecular formula is C26H23ClN8O3. The van der Waals surface area contributed by atoms with Gasteiger partial charge in [0.1, 0.15) is 12.2 Å². The molecule has 192 valence electrons. The number of methoxy groups -OCH3 is 1. The van der Waals surface area contributed by atoms with Crippen LogP contribution in [0.3, 0.4) is 0 Å². The number of halogens is 1. The molecule has 0 radical (unpaired) electrons. The first-order chi connectivity index (χ1) is 18.5. The predicted octanol–water partition coefficient (Wildman–Crippen LogP) is 4.71. The maximum Gasteiger partial charge on any atom is 0.411 e. The number of H-pyrrole nitrogens is 1. The lowest BCUT2D eigenvalue weighted by molar-refractivity contribution is 0.187. The zero-order valence-electron chi connectivity index (χ0n) is 20.5. The Morgan fingerprint density at radius 1 is 1.13 bits per heavy atom. The van der Waals surface area contributed by atoms with Crippen LogP contribution in [0.4, 0.5) is 10.5 Å². The number of hydrogen-bond acceptors (Lipinski definition) is 7. The van der Waals surface area contributed by atoms with E-state index in [0.717, 1.165) is 16.8 Å². The molecular weight excluding hydrogens is 508 g/mol. The standard InChI is InChI=1S/C26H23ClN8O3/c1-3-22(25-28-14-21(31-25)16-4-7-19(8-5-16)30-26(37)38-2)34-11-10-17(12-24(34)36)20-13-18(27)6-9-23(20)35-15-29-32-33-35/h4-15,22H,3H2,1-2H3,(H,28,31)(H,30,37). The summed E-state index contributed by atoms with van der Waals surface area (Å²) in [6.07, 6.45) is 5.07. The highest BCUT2D eigenvalue weighted by molar-refractivity contribution is 6.31. The number of hydrogen-bond donors (Lipinski definition) is 2. The molecule has 0 bridgehead atoms. The summed E-state index contributed by atoms with van der Waals surface area (Å²) < 4.78 is 7.79. The first kappa shape index (κ1) is 24.9. The molecule has 5 aromatic rings. The Balaban J connectivity index is 1.43. The smallest absolute Gasteiger partial charge is 0.411 e. The Morgan fingerprint density at radius 3 is 2.63 bits per heavy atom. The quantitative estimate of drug-likeness (QED) is 0.311. The van der Waals surface area contributed by atoms with E-state index in [0.29, 0.717) is 34.2 Å². The minimum Gasteiger partial charge on any atom is -0.453 e. The predicted molar refractivity (Wildman–Crippen MR) is 142 cm³/mol. The fourth-order valence-electron chi connectivity index (χ4n) is 4.20. The normalized spacial score (nSPS) is 11.8. The number of pyridine rings is 1. The average molecular weight is 531 g/mol. The number of amides is 1. The summed E-state index contributed by atoms with van der Waals surface area (Å²) >= 11 is 6.26. The van der Waals surface area contributed by atoms with Gasteiger partial charge in [-0.25, -0.2) is 9.78 Å². The maximum atomic E-state index is 13.3. The van der Waals surface area contributed by atoms with Crippen molar-refractivity contribution in [1.29, 1.82) is 0 Å². The second-order valence-corrected chi connectivity index (χ2v) is 8.81. The number of rotatable bonds is 7. The van der Waals surface area contributed by atoms with Crippen LogP contribution in [-0.4, -0.2) is 47.9 Å². The SMILES string of the molecule is CCC(c1ncc(-c2ccc(NC(=O)OC)cc2)[nH]1)n1ccc(-c2cc(Cl)ccc2-n2cnnn2)cc1=O. The molecule has 1 amide bonds. The van der Waals surface area contributed by atoms with Crippen molar-refractivity contribution in [1.82, 2.24) is 34.7 Å². The largest absolute Gasteiger partial charge is 0.453 e. The topological polar surface area (TPSA) is 133 Å². The van der Waals surface area contributed by atoms with Crippen LogP contribution in [0.2, 0.25) is 5.02 Å². The molecule has 0 aliphatic rings. The van der Waals surface area contributed by atoms with Crippen LogP contribution in [0.5, 0.6) is 0 Å². The van der Waals surface area contributed by atoms with Gasteiger partial charge in [-0.3, -0.25) is 10.1 Å². The second kappa shape index (κ2) is 10.7. The van der Waals surface area contributed by atoms with Crippen LogP contribution in [0.1, 0.15) is 25.2 Å². The number of nitrogens with zero attached hydrogens (tertiary/aromatic N) is 6. The molecule has 12 heteroatoms. The molecule has 2 N–H and O–H groups in total. The molecule has 0 aliphatic heterocycles. The van der Waals surface area contributed by atoms with Gasteiger partial charge < -0.3 is 14.3 Å². The van der Waals surface area contributed by atoms with Gasteiger partial charge in [-0.2, -0.15) is 4.68 Å². The van der Waals surface area contributed by atoms with Crippen LogP contribution in [0, 0.1) is 0 Å². The Hall–Kier alpha value is -4.77. The van der Waals surface area contributed by atoms with Gasteiger partial charge in [0.2, 0.25) is 0 Å². The third-order valence-corrected chi connectivity index (χ3v) is 6.31. The number of ether oxygens (including phenoxy) is 1. The van der Waals surface area contributed by atoms with E-state index in [4.69, 9.17) is 11.6 Å². The van der Waals surface area contributed by atoms with Crippen LogP contribution >= 0.6 is 11.6 Å². The molecule has 3 aromatic heterocycles. The lowest BCUT2D eigenvalue weighted by atomic mass is 10.0. The van der Waals surface area contributed by atoms with Gasteiger partial charge in [-0.15, -0.1) is 5.10 Å². The first-order valence-electron chi connectivity index (χ1n) is 11.7. The van der Waals surface area contributed by atoms with Crippen molar-refractivity contribution in [2.45, 2.75) is 19.4 Å². The number of nitrogens with one attached hydrogen (secondary N) is 2. The highest BCUT2D eigenvalue weighted by atomic mass is 35.5. The molecule has 0 fully saturated rings. The zero-order valence-corrected chi connectivity index (χ0v) is 21.3. The van der Waals surface area contributed by atoms with Crippen molar-refractivity contribution < 1.29 is 9.53 Å². The number of imidazole rings is 1. The highest BCUT2D eigenvalue weighted by Crippen LogP contribution is 2.29. The van der Waals surface area contributed by atoms with Gasteiger partial charge in [-0.05, 0) is 64.4 Å². The van der Waals surface area contributed by atoms with Gasteiger partial charge in [0, 0.05) is 28.5 Å². The van der Waals surface area contributed by atoms with Crippen LogP contribution in [0.25, 0.3) is 28.1 Å². The number of anilines is 1. The molecule has 0 spiro atoms. The van der Waals surface area contributed by atoms with E-state index < -0.39 is 6.09 Å². The lowest BCUT2D eigenvalue weighted by Gasteiger charge is -2.17. The molecule has 3 heterocycles. The van der Waals surface area contributed by atoms with E-state index in [1.807, 2.05) is 25.1 Å². The molecule has 1 unspecified atom stereocenters. The number of aromatic nitrogens is 7. The molecule has 11 nitrogen and oxygen atoms in total. The van der Waals surface area contributed by atoms with E-state index in [-0.39, 0.29) is 11.6 Å². The number of aromatic amines is 1. The third-order valence-electron chi connectivity index (χ3n) is 6.07. The van der Waals surface area contributed by atoms with E-state index in [1.165, 1.54) is 18.1 Å². The minimum atomic E-state index is -0.536. The Morgan fingerprint density at radius 2 is 1.95 bits per heavy atom. The Labute approximate surface area is 222 Å². The number of carbonyl (C=O) groups excluding carboxylic acids is 1. The summed E-state index contributed by atoms with van der Waals surface area (Å²) in [5, 5.41) is 14.5. The van der Waals surface area contributed by atoms with Gasteiger partial charge in [0.05, 0.1) is 30.7 Å². The molecule has 2 aromatic carbocycles. The first-order valence-corrected chi connectivity index (χ1v) is 12.1. The van der Waals surface area contributed by atoms with Crippen LogP contribution < -0.4 is 10.9 Å². The number of tetrazole rings is 1. The van der Waals surface area contributed by atoms with Gasteiger partial charge in [0.15, 0.2) is 0 Å². The van der Waals surface area contributed by atoms with E-state index in [1.54, 1.807) is 53.4 Å². The van der Waals surface area contributed by atoms with Gasteiger partial charge in [0.25, 0.3) is 5.56 Å². The molecule has 0 aliphatic carbocycles. The number of benzene rings is 2.